The molecule has 6 heteroatoms. The van der Waals surface area contributed by atoms with Crippen LogP contribution in [-0.2, 0) is 0 Å². The lowest BCUT2D eigenvalue weighted by atomic mass is 10.00. The second-order valence-electron chi connectivity index (χ2n) is 5.55. The van der Waals surface area contributed by atoms with E-state index in [9.17, 15) is 4.79 Å². The van der Waals surface area contributed by atoms with Crippen molar-refractivity contribution in [1.29, 1.82) is 0 Å². The summed E-state index contributed by atoms with van der Waals surface area (Å²) < 4.78 is 5.26. The van der Waals surface area contributed by atoms with Gasteiger partial charge in [-0.3, -0.25) is 4.79 Å². The summed E-state index contributed by atoms with van der Waals surface area (Å²) in [5.41, 5.74) is 1.13. The zero-order chi connectivity index (χ0) is 15.5. The van der Waals surface area contributed by atoms with Crippen molar-refractivity contribution >= 4 is 17.5 Å². The minimum absolute atomic E-state index is 0.122. The molecule has 0 bridgehead atoms. The molecule has 0 aliphatic carbocycles. The maximum Gasteiger partial charge on any atom is 0.273 e. The number of piperidine rings is 1. The maximum absolute atomic E-state index is 12.3. The first kappa shape index (κ1) is 15.1. The minimum atomic E-state index is -0.204. The van der Waals surface area contributed by atoms with E-state index in [4.69, 9.17) is 16.1 Å². The van der Waals surface area contributed by atoms with E-state index in [0.717, 1.165) is 24.9 Å². The Bertz CT molecular complexity index is 654. The van der Waals surface area contributed by atoms with E-state index in [-0.39, 0.29) is 18.0 Å². The van der Waals surface area contributed by atoms with Crippen molar-refractivity contribution in [2.24, 2.45) is 0 Å². The first-order valence-electron chi connectivity index (χ1n) is 7.40. The maximum atomic E-state index is 12.3. The molecule has 1 aliphatic rings. The molecule has 0 spiro atoms. The van der Waals surface area contributed by atoms with Gasteiger partial charge in [-0.15, -0.1) is 0 Å². The number of amides is 1. The normalized spacial score (nSPS) is 21.5. The fraction of sp³-hybridized carbons (Fsp3) is 0.375. The molecule has 2 aromatic rings. The molecular formula is C16H18ClN3O2. The summed E-state index contributed by atoms with van der Waals surface area (Å²) in [6.07, 6.45) is 2.03. The number of nitrogens with one attached hydrogen (secondary N) is 2. The molecule has 22 heavy (non-hydrogen) atoms. The Morgan fingerprint density at radius 1 is 1.41 bits per heavy atom. The number of carbonyl (C=O) groups excluding carboxylic acids is 1. The monoisotopic (exact) mass is 319 g/mol. The van der Waals surface area contributed by atoms with Gasteiger partial charge < -0.3 is 15.2 Å². The number of rotatable bonds is 3. The molecule has 1 amide bonds. The van der Waals surface area contributed by atoms with Crippen molar-refractivity contribution in [3.63, 3.8) is 0 Å². The number of aromatic nitrogens is 1. The Labute approximate surface area is 134 Å². The Morgan fingerprint density at radius 2 is 2.18 bits per heavy atom. The van der Waals surface area contributed by atoms with Gasteiger partial charge in [-0.25, -0.2) is 0 Å². The molecule has 1 aromatic heterocycles. The molecule has 1 aromatic carbocycles. The smallest absolute Gasteiger partial charge is 0.273 e. The van der Waals surface area contributed by atoms with Gasteiger partial charge >= 0.3 is 0 Å². The molecule has 1 saturated heterocycles. The van der Waals surface area contributed by atoms with Crippen molar-refractivity contribution in [3.05, 3.63) is 41.0 Å². The summed E-state index contributed by atoms with van der Waals surface area (Å²) in [7, 11) is 0. The predicted molar refractivity (Wildman–Crippen MR) is 84.9 cm³/mol. The lowest BCUT2D eigenvalue weighted by molar-refractivity contribution is 0.0910. The summed E-state index contributed by atoms with van der Waals surface area (Å²) >= 11 is 5.86. The Kier molecular flexibility index (Phi) is 4.45. The van der Waals surface area contributed by atoms with Crippen molar-refractivity contribution in [3.8, 4) is 11.3 Å². The Balaban J connectivity index is 1.70. The van der Waals surface area contributed by atoms with Crippen LogP contribution >= 0.6 is 11.6 Å². The molecule has 116 valence electrons. The quantitative estimate of drug-likeness (QED) is 0.913. The minimum Gasteiger partial charge on any atom is -0.355 e. The van der Waals surface area contributed by atoms with Crippen molar-refractivity contribution in [1.82, 2.24) is 15.8 Å². The second-order valence-corrected chi connectivity index (χ2v) is 5.98. The molecule has 2 unspecified atom stereocenters. The number of carbonyl (C=O) groups is 1. The highest BCUT2D eigenvalue weighted by atomic mass is 35.5. The molecule has 2 heterocycles. The molecule has 3 rings (SSSR count). The molecule has 1 aliphatic heterocycles. The van der Waals surface area contributed by atoms with E-state index in [0.29, 0.717) is 16.5 Å². The fourth-order valence-corrected chi connectivity index (χ4v) is 2.74. The molecule has 2 atom stereocenters. The molecule has 5 nitrogen and oxygen atoms in total. The zero-order valence-electron chi connectivity index (χ0n) is 12.3. The first-order chi connectivity index (χ1) is 10.6. The van der Waals surface area contributed by atoms with Gasteiger partial charge in [-0.05, 0) is 50.6 Å². The average molecular weight is 320 g/mol. The van der Waals surface area contributed by atoms with E-state index < -0.39 is 0 Å². The molecular weight excluding hydrogens is 302 g/mol. The molecule has 1 fully saturated rings. The number of hydrogen-bond acceptors (Lipinski definition) is 4. The van der Waals surface area contributed by atoms with Crippen LogP contribution in [0.2, 0.25) is 5.02 Å². The zero-order valence-corrected chi connectivity index (χ0v) is 13.1. The number of hydrogen-bond donors (Lipinski definition) is 2. The highest BCUT2D eigenvalue weighted by Gasteiger charge is 2.24. The van der Waals surface area contributed by atoms with Gasteiger partial charge in [0, 0.05) is 28.7 Å². The van der Waals surface area contributed by atoms with Gasteiger partial charge in [0.1, 0.15) is 0 Å². The van der Waals surface area contributed by atoms with Crippen LogP contribution in [0.5, 0.6) is 0 Å². The average Bonchev–Trinajstić information content (AvgIpc) is 3.00. The number of halogens is 1. The SMILES string of the molecule is CC1NCCCC1NC(=O)c1cc(-c2ccc(Cl)cc2)on1. The third-order valence-corrected chi connectivity index (χ3v) is 4.20. The second kappa shape index (κ2) is 6.50. The lowest BCUT2D eigenvalue weighted by Crippen LogP contribution is -2.51. The molecule has 0 radical (unpaired) electrons. The topological polar surface area (TPSA) is 67.2 Å². The lowest BCUT2D eigenvalue weighted by Gasteiger charge is -2.30. The molecule has 0 saturated carbocycles. The fourth-order valence-electron chi connectivity index (χ4n) is 2.62. The van der Waals surface area contributed by atoms with Crippen LogP contribution in [0.3, 0.4) is 0 Å². The van der Waals surface area contributed by atoms with Crippen LogP contribution in [-0.4, -0.2) is 29.7 Å². The largest absolute Gasteiger partial charge is 0.355 e. The highest BCUT2D eigenvalue weighted by molar-refractivity contribution is 6.30. The summed E-state index contributed by atoms with van der Waals surface area (Å²) in [6, 6.07) is 9.25. The van der Waals surface area contributed by atoms with Gasteiger partial charge in [-0.2, -0.15) is 0 Å². The summed E-state index contributed by atoms with van der Waals surface area (Å²) in [5, 5.41) is 10.9. The summed E-state index contributed by atoms with van der Waals surface area (Å²) in [6.45, 7) is 3.07. The van der Waals surface area contributed by atoms with Crippen molar-refractivity contribution in [2.45, 2.75) is 31.8 Å². The van der Waals surface area contributed by atoms with E-state index in [1.165, 1.54) is 0 Å². The Hall–Kier alpha value is -1.85. The van der Waals surface area contributed by atoms with E-state index >= 15 is 0 Å². The van der Waals surface area contributed by atoms with Crippen molar-refractivity contribution in [2.75, 3.05) is 6.54 Å². The molecule has 2 N–H and O–H groups in total. The van der Waals surface area contributed by atoms with Crippen LogP contribution in [0.1, 0.15) is 30.3 Å². The van der Waals surface area contributed by atoms with E-state index in [1.54, 1.807) is 18.2 Å². The van der Waals surface area contributed by atoms with Crippen LogP contribution in [0, 0.1) is 0 Å². The van der Waals surface area contributed by atoms with Gasteiger partial charge in [0.2, 0.25) is 0 Å². The van der Waals surface area contributed by atoms with Gasteiger partial charge in [0.15, 0.2) is 11.5 Å². The number of benzene rings is 1. The third kappa shape index (κ3) is 3.31. The van der Waals surface area contributed by atoms with Crippen LogP contribution in [0.25, 0.3) is 11.3 Å². The summed E-state index contributed by atoms with van der Waals surface area (Å²) in [5.74, 6) is 0.348. The van der Waals surface area contributed by atoms with E-state index in [2.05, 4.69) is 22.7 Å². The Morgan fingerprint density at radius 3 is 2.91 bits per heavy atom. The van der Waals surface area contributed by atoms with Crippen LogP contribution in [0.15, 0.2) is 34.9 Å². The number of nitrogens with zero attached hydrogens (tertiary/aromatic N) is 1. The van der Waals surface area contributed by atoms with Crippen LogP contribution < -0.4 is 10.6 Å². The van der Waals surface area contributed by atoms with Crippen LogP contribution in [0.4, 0.5) is 0 Å². The first-order valence-corrected chi connectivity index (χ1v) is 7.78. The standard InChI is InChI=1S/C16H18ClN3O2/c1-10-13(3-2-8-18-10)19-16(21)14-9-15(22-20-14)11-4-6-12(17)7-5-11/h4-7,9-10,13,18H,2-3,8H2,1H3,(H,19,21). The van der Waals surface area contributed by atoms with Gasteiger partial charge in [0.05, 0.1) is 0 Å². The highest BCUT2D eigenvalue weighted by Crippen LogP contribution is 2.22. The van der Waals surface area contributed by atoms with Gasteiger partial charge in [-0.1, -0.05) is 16.8 Å². The summed E-state index contributed by atoms with van der Waals surface area (Å²) in [4.78, 5) is 12.3. The van der Waals surface area contributed by atoms with Crippen molar-refractivity contribution < 1.29 is 9.32 Å². The predicted octanol–water partition coefficient (Wildman–Crippen LogP) is 2.87. The third-order valence-electron chi connectivity index (χ3n) is 3.95. The van der Waals surface area contributed by atoms with Gasteiger partial charge in [0.25, 0.3) is 5.91 Å². The van der Waals surface area contributed by atoms with E-state index in [1.807, 2.05) is 12.1 Å².